The minimum Gasteiger partial charge on any atom is -0.494 e. The van der Waals surface area contributed by atoms with E-state index in [1.807, 2.05) is 44.2 Å². The Kier molecular flexibility index (Phi) is 4.83. The van der Waals surface area contributed by atoms with Crippen molar-refractivity contribution in [1.29, 1.82) is 0 Å². The quantitative estimate of drug-likeness (QED) is 0.866. The zero-order chi connectivity index (χ0) is 18.9. The van der Waals surface area contributed by atoms with Gasteiger partial charge in [-0.2, -0.15) is 0 Å². The van der Waals surface area contributed by atoms with Gasteiger partial charge >= 0.3 is 0 Å². The molecule has 1 N–H and O–H groups in total. The summed E-state index contributed by atoms with van der Waals surface area (Å²) in [6.45, 7) is 6.12. The Bertz CT molecular complexity index is 844. The van der Waals surface area contributed by atoms with Gasteiger partial charge in [0.25, 0.3) is 5.91 Å². The molecule has 136 valence electrons. The van der Waals surface area contributed by atoms with Gasteiger partial charge in [0.2, 0.25) is 0 Å². The molecular formula is C21H23NO4. The molecule has 0 fully saturated rings. The smallest absolute Gasteiger partial charge is 0.264 e. The third-order valence-electron chi connectivity index (χ3n) is 4.63. The maximum Gasteiger partial charge on any atom is 0.264 e. The standard InChI is InChI=1S/C21H23NO4/c1-4-26-17-10-8-16(9-11-17)13-22-19-14(2)6-5-7-18(19)21(25,20(22)24)12-15(3)23/h5-11,25H,4,12-13H2,1-3H3. The Hall–Kier alpha value is -2.66. The summed E-state index contributed by atoms with van der Waals surface area (Å²) in [6, 6.07) is 12.9. The highest BCUT2D eigenvalue weighted by Gasteiger charge is 2.50. The predicted octanol–water partition coefficient (Wildman–Crippen LogP) is 3.11. The summed E-state index contributed by atoms with van der Waals surface area (Å²) in [6.07, 6.45) is -0.220. The summed E-state index contributed by atoms with van der Waals surface area (Å²) in [5, 5.41) is 11.0. The molecule has 0 bridgehead atoms. The summed E-state index contributed by atoms with van der Waals surface area (Å²) >= 11 is 0. The summed E-state index contributed by atoms with van der Waals surface area (Å²) in [7, 11) is 0. The van der Waals surface area contributed by atoms with Gasteiger partial charge in [-0.3, -0.25) is 9.59 Å². The summed E-state index contributed by atoms with van der Waals surface area (Å²) in [5.74, 6) is 0.0933. The number of hydrogen-bond acceptors (Lipinski definition) is 4. The molecule has 1 aliphatic heterocycles. The molecule has 5 heteroatoms. The number of ketones is 1. The summed E-state index contributed by atoms with van der Waals surface area (Å²) < 4.78 is 5.45. The first-order valence-corrected chi connectivity index (χ1v) is 8.72. The fraction of sp³-hybridized carbons (Fsp3) is 0.333. The van der Waals surface area contributed by atoms with Crippen LogP contribution < -0.4 is 9.64 Å². The average molecular weight is 353 g/mol. The van der Waals surface area contributed by atoms with Crippen molar-refractivity contribution in [2.24, 2.45) is 0 Å². The van der Waals surface area contributed by atoms with Crippen LogP contribution in [0.4, 0.5) is 5.69 Å². The normalized spacial score (nSPS) is 18.8. The number of rotatable bonds is 6. The predicted molar refractivity (Wildman–Crippen MR) is 99.2 cm³/mol. The molecule has 0 spiro atoms. The first-order valence-electron chi connectivity index (χ1n) is 8.72. The highest BCUT2D eigenvalue weighted by atomic mass is 16.5. The molecule has 26 heavy (non-hydrogen) atoms. The van der Waals surface area contributed by atoms with Gasteiger partial charge in [-0.05, 0) is 44.0 Å². The molecule has 2 aromatic carbocycles. The van der Waals surface area contributed by atoms with Crippen LogP contribution in [-0.2, 0) is 21.7 Å². The highest BCUT2D eigenvalue weighted by molar-refractivity contribution is 6.09. The Morgan fingerprint density at radius 1 is 1.19 bits per heavy atom. The SMILES string of the molecule is CCOc1ccc(CN2C(=O)C(O)(CC(C)=O)c3cccc(C)c32)cc1. The largest absolute Gasteiger partial charge is 0.494 e. The molecule has 0 saturated heterocycles. The van der Waals surface area contributed by atoms with Crippen molar-refractivity contribution in [2.45, 2.75) is 39.3 Å². The first kappa shape index (κ1) is 18.1. The lowest BCUT2D eigenvalue weighted by Gasteiger charge is -2.22. The fourth-order valence-corrected chi connectivity index (χ4v) is 3.51. The number of anilines is 1. The second-order valence-corrected chi connectivity index (χ2v) is 6.68. The highest BCUT2D eigenvalue weighted by Crippen LogP contribution is 2.44. The van der Waals surface area contributed by atoms with Crippen molar-refractivity contribution in [3.63, 3.8) is 0 Å². The number of amides is 1. The number of aryl methyl sites for hydroxylation is 1. The van der Waals surface area contributed by atoms with Crippen molar-refractivity contribution in [3.8, 4) is 5.75 Å². The molecular weight excluding hydrogens is 330 g/mol. The van der Waals surface area contributed by atoms with Crippen molar-refractivity contribution in [3.05, 3.63) is 59.2 Å². The van der Waals surface area contributed by atoms with E-state index < -0.39 is 11.5 Å². The molecule has 0 radical (unpaired) electrons. The minimum atomic E-state index is -1.79. The zero-order valence-corrected chi connectivity index (χ0v) is 15.3. The molecule has 0 saturated carbocycles. The number of benzene rings is 2. The molecule has 1 amide bonds. The number of nitrogens with zero attached hydrogens (tertiary/aromatic N) is 1. The van der Waals surface area contributed by atoms with E-state index in [1.165, 1.54) is 6.92 Å². The number of aliphatic hydroxyl groups is 1. The van der Waals surface area contributed by atoms with E-state index in [2.05, 4.69) is 0 Å². The van der Waals surface area contributed by atoms with E-state index in [9.17, 15) is 14.7 Å². The van der Waals surface area contributed by atoms with Crippen LogP contribution in [-0.4, -0.2) is 23.4 Å². The van der Waals surface area contributed by atoms with Gasteiger partial charge in [0.15, 0.2) is 5.60 Å². The maximum absolute atomic E-state index is 13.0. The van der Waals surface area contributed by atoms with Crippen LogP contribution in [0.15, 0.2) is 42.5 Å². The first-order chi connectivity index (χ1) is 12.4. The van der Waals surface area contributed by atoms with Gasteiger partial charge in [-0.15, -0.1) is 0 Å². The van der Waals surface area contributed by atoms with Crippen molar-refractivity contribution >= 4 is 17.4 Å². The third kappa shape index (κ3) is 3.10. The van der Waals surface area contributed by atoms with Gasteiger partial charge in [0, 0.05) is 12.0 Å². The van der Waals surface area contributed by atoms with Crippen molar-refractivity contribution in [1.82, 2.24) is 0 Å². The molecule has 1 atom stereocenters. The lowest BCUT2D eigenvalue weighted by Crippen LogP contribution is -2.41. The second-order valence-electron chi connectivity index (χ2n) is 6.68. The Labute approximate surface area is 153 Å². The lowest BCUT2D eigenvalue weighted by atomic mass is 9.89. The third-order valence-corrected chi connectivity index (χ3v) is 4.63. The Morgan fingerprint density at radius 3 is 2.50 bits per heavy atom. The molecule has 0 aliphatic carbocycles. The van der Waals surface area contributed by atoms with Gasteiger partial charge in [0.1, 0.15) is 11.5 Å². The van der Waals surface area contributed by atoms with Gasteiger partial charge < -0.3 is 14.7 Å². The van der Waals surface area contributed by atoms with Crippen LogP contribution in [0.5, 0.6) is 5.75 Å². The lowest BCUT2D eigenvalue weighted by molar-refractivity contribution is -0.141. The number of Topliss-reactive ketones (excluding diaryl/α,β-unsaturated/α-hetero) is 1. The van der Waals surface area contributed by atoms with E-state index in [0.717, 1.165) is 16.9 Å². The zero-order valence-electron chi connectivity index (χ0n) is 15.3. The van der Waals surface area contributed by atoms with Crippen LogP contribution >= 0.6 is 0 Å². The Morgan fingerprint density at radius 2 is 1.88 bits per heavy atom. The number of hydrogen-bond donors (Lipinski definition) is 1. The molecule has 1 heterocycles. The van der Waals surface area contributed by atoms with E-state index in [-0.39, 0.29) is 12.2 Å². The van der Waals surface area contributed by atoms with Gasteiger partial charge in [-0.25, -0.2) is 0 Å². The maximum atomic E-state index is 13.0. The van der Waals surface area contributed by atoms with Gasteiger partial charge in [0.05, 0.1) is 18.8 Å². The van der Waals surface area contributed by atoms with Crippen LogP contribution in [0, 0.1) is 6.92 Å². The molecule has 0 aromatic heterocycles. The number of fused-ring (bicyclic) bond motifs is 1. The van der Waals surface area contributed by atoms with Crippen LogP contribution in [0.3, 0.4) is 0 Å². The molecule has 2 aromatic rings. The van der Waals surface area contributed by atoms with Crippen molar-refractivity contribution in [2.75, 3.05) is 11.5 Å². The summed E-state index contributed by atoms with van der Waals surface area (Å²) in [4.78, 5) is 26.3. The van der Waals surface area contributed by atoms with E-state index >= 15 is 0 Å². The van der Waals surface area contributed by atoms with Crippen LogP contribution in [0.1, 0.15) is 37.0 Å². The van der Waals surface area contributed by atoms with Crippen LogP contribution in [0.2, 0.25) is 0 Å². The van der Waals surface area contributed by atoms with E-state index in [1.54, 1.807) is 17.0 Å². The number of ether oxygens (including phenoxy) is 1. The number of carbonyl (C=O) groups excluding carboxylic acids is 2. The van der Waals surface area contributed by atoms with E-state index in [4.69, 9.17) is 4.74 Å². The topological polar surface area (TPSA) is 66.8 Å². The van der Waals surface area contributed by atoms with Crippen molar-refractivity contribution < 1.29 is 19.4 Å². The molecule has 3 rings (SSSR count). The minimum absolute atomic E-state index is 0.220. The number of para-hydroxylation sites is 1. The van der Waals surface area contributed by atoms with Crippen LogP contribution in [0.25, 0.3) is 0 Å². The van der Waals surface area contributed by atoms with Gasteiger partial charge in [-0.1, -0.05) is 30.3 Å². The summed E-state index contributed by atoms with van der Waals surface area (Å²) in [5.41, 5.74) is 1.21. The molecule has 1 aliphatic rings. The monoisotopic (exact) mass is 353 g/mol. The number of carbonyl (C=O) groups is 2. The second kappa shape index (κ2) is 6.92. The fourth-order valence-electron chi connectivity index (χ4n) is 3.51. The van der Waals surface area contributed by atoms with E-state index in [0.29, 0.717) is 24.4 Å². The molecule has 5 nitrogen and oxygen atoms in total. The Balaban J connectivity index is 1.97. The average Bonchev–Trinajstić information content (AvgIpc) is 2.79. The molecule has 1 unspecified atom stereocenters.